The van der Waals surface area contributed by atoms with Gasteiger partial charge in [-0.3, -0.25) is 0 Å². The summed E-state index contributed by atoms with van der Waals surface area (Å²) in [6.07, 6.45) is 0. The second-order valence-electron chi connectivity index (χ2n) is 9.51. The van der Waals surface area contributed by atoms with Crippen molar-refractivity contribution in [3.8, 4) is 0 Å². The Bertz CT molecular complexity index is 1530. The summed E-state index contributed by atoms with van der Waals surface area (Å²) in [7, 11) is -2.63. The molecule has 0 unspecified atom stereocenters. The predicted molar refractivity (Wildman–Crippen MR) is 171 cm³/mol. The maximum Gasteiger partial charge on any atom is 0.287 e. The molecule has 0 aliphatic rings. The van der Waals surface area contributed by atoms with Gasteiger partial charge in [-0.15, -0.1) is 0 Å². The third-order valence-electron chi connectivity index (χ3n) is 6.98. The van der Waals surface area contributed by atoms with Gasteiger partial charge in [0.15, 0.2) is 5.76 Å². The Kier molecular flexibility index (Phi) is 9.12. The van der Waals surface area contributed by atoms with Crippen molar-refractivity contribution in [2.75, 3.05) is 0 Å². The molecular weight excluding hydrogens is 539 g/mol. The van der Waals surface area contributed by atoms with Gasteiger partial charge in [0, 0.05) is 11.1 Å². The fourth-order valence-electron chi connectivity index (χ4n) is 5.13. The molecule has 200 valence electrons. The standard InChI is InChI=1S/C38H30OP.ClH/c1-7-19-31(20-8-1)37(32-21-9-2-10-22-32)38(33-23-11-3-12-24-33)39-40(34-25-13-4-14-26-34,35-27-15-5-16-28-35)36-29-17-6-18-30-36;/h1-30H;1H/q+1;/p-1. The van der Waals surface area contributed by atoms with Crippen LogP contribution in [0, 0.1) is 0 Å². The van der Waals surface area contributed by atoms with Gasteiger partial charge in [-0.05, 0) is 47.5 Å². The van der Waals surface area contributed by atoms with Crippen LogP contribution in [0.3, 0.4) is 0 Å². The second kappa shape index (κ2) is 13.3. The van der Waals surface area contributed by atoms with E-state index < -0.39 is 7.49 Å². The molecule has 6 aromatic rings. The zero-order valence-corrected chi connectivity index (χ0v) is 24.2. The molecule has 0 radical (unpaired) electrons. The van der Waals surface area contributed by atoms with E-state index in [0.717, 1.165) is 28.0 Å². The number of benzene rings is 6. The highest BCUT2D eigenvalue weighted by molar-refractivity contribution is 7.92. The van der Waals surface area contributed by atoms with Crippen LogP contribution in [0.5, 0.6) is 0 Å². The lowest BCUT2D eigenvalue weighted by Gasteiger charge is -2.29. The van der Waals surface area contributed by atoms with E-state index in [0.29, 0.717) is 0 Å². The molecule has 0 bridgehead atoms. The van der Waals surface area contributed by atoms with E-state index in [1.165, 1.54) is 15.9 Å². The van der Waals surface area contributed by atoms with E-state index in [1.54, 1.807) is 0 Å². The van der Waals surface area contributed by atoms with E-state index >= 15 is 0 Å². The summed E-state index contributed by atoms with van der Waals surface area (Å²) in [6, 6.07) is 63.8. The van der Waals surface area contributed by atoms with Gasteiger partial charge in [-0.25, -0.2) is 0 Å². The highest BCUT2D eigenvalue weighted by atomic mass is 35.5. The summed E-state index contributed by atoms with van der Waals surface area (Å²) >= 11 is 0. The fraction of sp³-hybridized carbons (Fsp3) is 0. The highest BCUT2D eigenvalue weighted by Gasteiger charge is 2.50. The molecule has 0 N–H and O–H groups in total. The third-order valence-corrected chi connectivity index (χ3v) is 10.5. The molecule has 0 aliphatic carbocycles. The number of hydrogen-bond acceptors (Lipinski definition) is 1. The monoisotopic (exact) mass is 568 g/mol. The molecule has 0 atom stereocenters. The molecule has 0 aromatic heterocycles. The van der Waals surface area contributed by atoms with Gasteiger partial charge in [0.05, 0.1) is 0 Å². The first-order chi connectivity index (χ1) is 19.9. The molecule has 0 fully saturated rings. The van der Waals surface area contributed by atoms with Crippen molar-refractivity contribution < 1.29 is 16.9 Å². The van der Waals surface area contributed by atoms with E-state index in [2.05, 4.69) is 182 Å². The summed E-state index contributed by atoms with van der Waals surface area (Å²) in [5.41, 5.74) is 4.33. The quantitative estimate of drug-likeness (QED) is 0.133. The zero-order valence-electron chi connectivity index (χ0n) is 22.6. The van der Waals surface area contributed by atoms with Gasteiger partial charge in [0.2, 0.25) is 0 Å². The van der Waals surface area contributed by atoms with Crippen LogP contribution in [-0.2, 0) is 4.52 Å². The molecule has 0 heterocycles. The molecule has 3 heteroatoms. The SMILES string of the molecule is [Cl-].c1ccc(C(O[P+](c2ccccc2)(c2ccccc2)c2ccccc2)=C(c2ccccc2)c2ccccc2)cc1. The van der Waals surface area contributed by atoms with E-state index in [1.807, 2.05) is 0 Å². The maximum atomic E-state index is 7.74. The van der Waals surface area contributed by atoms with Gasteiger partial charge in [-0.2, -0.15) is 0 Å². The summed E-state index contributed by atoms with van der Waals surface area (Å²) in [5, 5.41) is 3.50. The van der Waals surface area contributed by atoms with Crippen molar-refractivity contribution in [1.82, 2.24) is 0 Å². The Balaban J connectivity index is 0.00000337. The summed E-state index contributed by atoms with van der Waals surface area (Å²) in [5.74, 6) is 0.864. The zero-order chi connectivity index (χ0) is 27.0. The number of halogens is 1. The minimum absolute atomic E-state index is 0. The van der Waals surface area contributed by atoms with Crippen LogP contribution in [0.4, 0.5) is 0 Å². The molecule has 6 aromatic carbocycles. The summed E-state index contributed by atoms with van der Waals surface area (Å²) in [4.78, 5) is 0. The first-order valence-electron chi connectivity index (χ1n) is 13.5. The molecule has 0 aliphatic heterocycles. The van der Waals surface area contributed by atoms with Crippen molar-refractivity contribution in [1.29, 1.82) is 0 Å². The maximum absolute atomic E-state index is 7.74. The van der Waals surface area contributed by atoms with Crippen molar-refractivity contribution in [2.45, 2.75) is 0 Å². The van der Waals surface area contributed by atoms with Crippen molar-refractivity contribution >= 4 is 34.7 Å². The van der Waals surface area contributed by atoms with Gasteiger partial charge >= 0.3 is 0 Å². The van der Waals surface area contributed by atoms with Crippen LogP contribution in [0.2, 0.25) is 0 Å². The predicted octanol–water partition coefficient (Wildman–Crippen LogP) is 5.53. The van der Waals surface area contributed by atoms with Crippen LogP contribution < -0.4 is 28.3 Å². The third kappa shape index (κ3) is 5.88. The smallest absolute Gasteiger partial charge is 0.287 e. The minimum atomic E-state index is -2.63. The molecular formula is C38H30ClOP. The molecule has 0 saturated carbocycles. The van der Waals surface area contributed by atoms with Crippen LogP contribution in [0.15, 0.2) is 182 Å². The molecule has 6 rings (SSSR count). The van der Waals surface area contributed by atoms with Crippen LogP contribution in [0.1, 0.15) is 16.7 Å². The normalized spacial score (nSPS) is 10.7. The van der Waals surface area contributed by atoms with Crippen LogP contribution in [0.25, 0.3) is 11.3 Å². The molecule has 0 saturated heterocycles. The van der Waals surface area contributed by atoms with Gasteiger partial charge in [0.1, 0.15) is 15.9 Å². The van der Waals surface area contributed by atoms with Gasteiger partial charge in [0.25, 0.3) is 7.49 Å². The Hall–Kier alpha value is -4.42. The average molecular weight is 569 g/mol. The first-order valence-corrected chi connectivity index (χ1v) is 15.2. The fourth-order valence-corrected chi connectivity index (χ4v) is 8.58. The van der Waals surface area contributed by atoms with Crippen molar-refractivity contribution in [3.05, 3.63) is 199 Å². The molecule has 41 heavy (non-hydrogen) atoms. The molecule has 0 amide bonds. The Labute approximate surface area is 249 Å². The minimum Gasteiger partial charge on any atom is -1.00 e. The van der Waals surface area contributed by atoms with E-state index in [4.69, 9.17) is 4.52 Å². The van der Waals surface area contributed by atoms with Crippen LogP contribution in [-0.4, -0.2) is 0 Å². The number of hydrogen-bond donors (Lipinski definition) is 0. The topological polar surface area (TPSA) is 9.23 Å². The highest BCUT2D eigenvalue weighted by Crippen LogP contribution is 2.60. The van der Waals surface area contributed by atoms with E-state index in [9.17, 15) is 0 Å². The Morgan fingerprint density at radius 1 is 0.341 bits per heavy atom. The lowest BCUT2D eigenvalue weighted by molar-refractivity contribution is -0.00000817. The van der Waals surface area contributed by atoms with Crippen molar-refractivity contribution in [2.24, 2.45) is 0 Å². The van der Waals surface area contributed by atoms with Crippen molar-refractivity contribution in [3.63, 3.8) is 0 Å². The first kappa shape index (κ1) is 28.1. The summed E-state index contributed by atoms with van der Waals surface area (Å²) < 4.78 is 7.74. The van der Waals surface area contributed by atoms with E-state index in [-0.39, 0.29) is 12.4 Å². The molecule has 0 spiro atoms. The average Bonchev–Trinajstić information content (AvgIpc) is 3.06. The van der Waals surface area contributed by atoms with Crippen LogP contribution >= 0.6 is 7.49 Å². The second-order valence-corrected chi connectivity index (χ2v) is 12.5. The molecule has 1 nitrogen and oxygen atoms in total. The Morgan fingerprint density at radius 2 is 0.610 bits per heavy atom. The Morgan fingerprint density at radius 3 is 0.927 bits per heavy atom. The lowest BCUT2D eigenvalue weighted by Crippen LogP contribution is -3.00. The van der Waals surface area contributed by atoms with Gasteiger partial charge in [-0.1, -0.05) is 146 Å². The van der Waals surface area contributed by atoms with Gasteiger partial charge < -0.3 is 16.9 Å². The summed E-state index contributed by atoms with van der Waals surface area (Å²) in [6.45, 7) is 0. The number of rotatable bonds is 8. The largest absolute Gasteiger partial charge is 1.00 e. The lowest BCUT2D eigenvalue weighted by atomic mass is 9.94.